The van der Waals surface area contributed by atoms with Gasteiger partial charge in [-0.05, 0) is 56.8 Å². The van der Waals surface area contributed by atoms with Gasteiger partial charge in [0.05, 0.1) is 11.5 Å². The van der Waals surface area contributed by atoms with E-state index in [0.717, 1.165) is 36.3 Å². The molecule has 0 bridgehead atoms. The minimum Gasteiger partial charge on any atom is -0.490 e. The molecule has 1 aliphatic rings. The molecule has 2 atom stereocenters. The van der Waals surface area contributed by atoms with E-state index >= 15 is 0 Å². The first kappa shape index (κ1) is 21.2. The summed E-state index contributed by atoms with van der Waals surface area (Å²) in [5.74, 6) is 1.31. The average molecular weight is 384 g/mol. The van der Waals surface area contributed by atoms with Crippen molar-refractivity contribution in [3.05, 3.63) is 28.8 Å². The molecule has 1 heterocycles. The minimum atomic E-state index is -2.93. The number of aliphatic hydroxyl groups excluding tert-OH is 1. The van der Waals surface area contributed by atoms with Crippen LogP contribution in [0.25, 0.3) is 0 Å². The Labute approximate surface area is 158 Å². The molecular weight excluding hydrogens is 350 g/mol. The van der Waals surface area contributed by atoms with Crippen LogP contribution in [0, 0.1) is 20.8 Å². The molecule has 1 aromatic carbocycles. The Morgan fingerprint density at radius 2 is 1.96 bits per heavy atom. The molecule has 0 aromatic heterocycles. The predicted octanol–water partition coefficient (Wildman–Crippen LogP) is 2.64. The van der Waals surface area contributed by atoms with Crippen molar-refractivity contribution in [2.45, 2.75) is 59.1 Å². The molecule has 1 saturated heterocycles. The molecule has 1 fully saturated rings. The highest BCUT2D eigenvalue weighted by Gasteiger charge is 2.32. The van der Waals surface area contributed by atoms with Crippen LogP contribution in [0.2, 0.25) is 0 Å². The van der Waals surface area contributed by atoms with E-state index in [1.165, 1.54) is 5.56 Å². The third kappa shape index (κ3) is 5.69. The van der Waals surface area contributed by atoms with E-state index in [4.69, 9.17) is 4.74 Å². The van der Waals surface area contributed by atoms with Gasteiger partial charge in [0.1, 0.15) is 18.5 Å². The summed E-state index contributed by atoms with van der Waals surface area (Å²) in [6, 6.07) is 4.12. The van der Waals surface area contributed by atoms with Crippen LogP contribution in [0.5, 0.6) is 5.75 Å². The summed E-state index contributed by atoms with van der Waals surface area (Å²) < 4.78 is 29.5. The number of ether oxygens (including phenoxy) is 1. The number of unbranched alkanes of at least 4 members (excludes halogenated alkanes) is 1. The van der Waals surface area contributed by atoms with Gasteiger partial charge in [-0.25, -0.2) is 8.42 Å². The number of aliphatic hydroxyl groups is 1. The molecule has 1 aliphatic heterocycles. The number of benzene rings is 1. The zero-order chi connectivity index (χ0) is 19.3. The Kier molecular flexibility index (Phi) is 7.50. The Morgan fingerprint density at radius 1 is 1.27 bits per heavy atom. The largest absolute Gasteiger partial charge is 0.490 e. The second-order valence-corrected chi connectivity index (χ2v) is 9.75. The van der Waals surface area contributed by atoms with Gasteiger partial charge in [-0.15, -0.1) is 0 Å². The number of hydrogen-bond acceptors (Lipinski definition) is 5. The van der Waals surface area contributed by atoms with Gasteiger partial charge in [0.15, 0.2) is 9.84 Å². The summed E-state index contributed by atoms with van der Waals surface area (Å²) in [7, 11) is -2.93. The van der Waals surface area contributed by atoms with Gasteiger partial charge in [-0.1, -0.05) is 25.5 Å². The van der Waals surface area contributed by atoms with Crippen LogP contribution < -0.4 is 4.74 Å². The van der Waals surface area contributed by atoms with Crippen molar-refractivity contribution in [3.63, 3.8) is 0 Å². The molecule has 1 aromatic rings. The summed E-state index contributed by atoms with van der Waals surface area (Å²) in [5, 5.41) is 10.5. The van der Waals surface area contributed by atoms with Crippen LogP contribution in [0.3, 0.4) is 0 Å². The molecule has 2 unspecified atom stereocenters. The van der Waals surface area contributed by atoms with E-state index in [1.807, 2.05) is 26.8 Å². The molecule has 0 radical (unpaired) electrons. The van der Waals surface area contributed by atoms with E-state index in [1.54, 1.807) is 0 Å². The third-order valence-electron chi connectivity index (χ3n) is 5.26. The van der Waals surface area contributed by atoms with Crippen molar-refractivity contribution in [2.24, 2.45) is 0 Å². The van der Waals surface area contributed by atoms with Crippen LogP contribution in [0.1, 0.15) is 42.9 Å². The van der Waals surface area contributed by atoms with E-state index in [0.29, 0.717) is 13.0 Å². The standard InChI is InChI=1S/C20H33NO4S/c1-5-6-10-21(18-9-11-26(23,24)14-18)12-19(22)13-25-20-16(3)8-7-15(2)17(20)4/h7-8,18-19,22H,5-6,9-14H2,1-4H3. The van der Waals surface area contributed by atoms with Crippen molar-refractivity contribution >= 4 is 9.84 Å². The normalized spacial score (nSPS) is 20.5. The highest BCUT2D eigenvalue weighted by Crippen LogP contribution is 2.26. The Morgan fingerprint density at radius 3 is 2.58 bits per heavy atom. The molecular formula is C20H33NO4S. The molecule has 1 N–H and O–H groups in total. The molecule has 0 amide bonds. The van der Waals surface area contributed by atoms with Crippen LogP contribution in [0.4, 0.5) is 0 Å². The highest BCUT2D eigenvalue weighted by molar-refractivity contribution is 7.91. The van der Waals surface area contributed by atoms with Crippen LogP contribution >= 0.6 is 0 Å². The summed E-state index contributed by atoms with van der Waals surface area (Å²) in [6.45, 7) is 9.68. The van der Waals surface area contributed by atoms with Crippen LogP contribution in [-0.2, 0) is 9.84 Å². The zero-order valence-electron chi connectivity index (χ0n) is 16.5. The molecule has 2 rings (SSSR count). The van der Waals surface area contributed by atoms with Crippen LogP contribution in [0.15, 0.2) is 12.1 Å². The highest BCUT2D eigenvalue weighted by atomic mass is 32.2. The van der Waals surface area contributed by atoms with Crippen LogP contribution in [-0.4, -0.2) is 61.8 Å². The van der Waals surface area contributed by atoms with E-state index in [2.05, 4.69) is 17.9 Å². The summed E-state index contributed by atoms with van der Waals surface area (Å²) in [5.41, 5.74) is 3.33. The number of rotatable bonds is 9. The second-order valence-electron chi connectivity index (χ2n) is 7.52. The van der Waals surface area contributed by atoms with Crippen molar-refractivity contribution in [1.29, 1.82) is 0 Å². The van der Waals surface area contributed by atoms with Gasteiger partial charge in [0.2, 0.25) is 0 Å². The van der Waals surface area contributed by atoms with Gasteiger partial charge < -0.3 is 9.84 Å². The monoisotopic (exact) mass is 383 g/mol. The van der Waals surface area contributed by atoms with Crippen molar-refractivity contribution < 1.29 is 18.3 Å². The predicted molar refractivity (Wildman–Crippen MR) is 106 cm³/mol. The van der Waals surface area contributed by atoms with E-state index in [-0.39, 0.29) is 24.2 Å². The second kappa shape index (κ2) is 9.20. The third-order valence-corrected chi connectivity index (χ3v) is 7.01. The number of nitrogens with zero attached hydrogens (tertiary/aromatic N) is 1. The fraction of sp³-hybridized carbons (Fsp3) is 0.700. The fourth-order valence-corrected chi connectivity index (χ4v) is 5.26. The topological polar surface area (TPSA) is 66.8 Å². The number of aryl methyl sites for hydroxylation is 2. The van der Waals surface area contributed by atoms with Gasteiger partial charge >= 0.3 is 0 Å². The minimum absolute atomic E-state index is 0.0173. The lowest BCUT2D eigenvalue weighted by molar-refractivity contribution is 0.0548. The SMILES string of the molecule is CCCCN(CC(O)COc1c(C)ccc(C)c1C)C1CCS(=O)(=O)C1. The molecule has 6 heteroatoms. The van der Waals surface area contributed by atoms with Crippen molar-refractivity contribution in [3.8, 4) is 5.75 Å². The Hall–Kier alpha value is -1.11. The van der Waals surface area contributed by atoms with E-state index in [9.17, 15) is 13.5 Å². The fourth-order valence-electron chi connectivity index (χ4n) is 3.50. The molecule has 0 spiro atoms. The quantitative estimate of drug-likeness (QED) is 0.710. The number of sulfone groups is 1. The zero-order valence-corrected chi connectivity index (χ0v) is 17.3. The Balaban J connectivity index is 1.97. The van der Waals surface area contributed by atoms with Crippen molar-refractivity contribution in [2.75, 3.05) is 31.2 Å². The molecule has 5 nitrogen and oxygen atoms in total. The maximum atomic E-state index is 11.8. The average Bonchev–Trinajstić information content (AvgIpc) is 2.95. The first-order valence-electron chi connectivity index (χ1n) is 9.55. The number of hydrogen-bond donors (Lipinski definition) is 1. The first-order valence-corrected chi connectivity index (χ1v) is 11.4. The molecule has 26 heavy (non-hydrogen) atoms. The lowest BCUT2D eigenvalue weighted by atomic mass is 10.1. The van der Waals surface area contributed by atoms with Crippen molar-refractivity contribution in [1.82, 2.24) is 4.90 Å². The molecule has 0 aliphatic carbocycles. The van der Waals surface area contributed by atoms with Gasteiger partial charge in [-0.2, -0.15) is 0 Å². The lowest BCUT2D eigenvalue weighted by Gasteiger charge is -2.30. The van der Waals surface area contributed by atoms with Gasteiger partial charge in [-0.3, -0.25) is 4.90 Å². The first-order chi connectivity index (χ1) is 12.2. The molecule has 0 saturated carbocycles. The summed E-state index contributed by atoms with van der Waals surface area (Å²) in [6.07, 6.45) is 2.06. The van der Waals surface area contributed by atoms with Gasteiger partial charge in [0.25, 0.3) is 0 Å². The molecule has 148 valence electrons. The summed E-state index contributed by atoms with van der Waals surface area (Å²) >= 11 is 0. The summed E-state index contributed by atoms with van der Waals surface area (Å²) in [4.78, 5) is 2.14. The lowest BCUT2D eigenvalue weighted by Crippen LogP contribution is -2.43. The van der Waals surface area contributed by atoms with Gasteiger partial charge in [0, 0.05) is 12.6 Å². The maximum Gasteiger partial charge on any atom is 0.151 e. The van der Waals surface area contributed by atoms with E-state index < -0.39 is 15.9 Å². The Bertz CT molecular complexity index is 702. The maximum absolute atomic E-state index is 11.8. The smallest absolute Gasteiger partial charge is 0.151 e.